The zero-order chi connectivity index (χ0) is 20.3. The van der Waals surface area contributed by atoms with Crippen LogP contribution in [-0.2, 0) is 9.59 Å². The quantitative estimate of drug-likeness (QED) is 0.655. The van der Waals surface area contributed by atoms with Crippen molar-refractivity contribution < 1.29 is 19.1 Å². The average molecular weight is 377 g/mol. The van der Waals surface area contributed by atoms with Crippen LogP contribution in [0.2, 0.25) is 0 Å². The summed E-state index contributed by atoms with van der Waals surface area (Å²) in [6, 6.07) is 13.5. The minimum atomic E-state index is -0.540. The van der Waals surface area contributed by atoms with Crippen LogP contribution >= 0.6 is 0 Å². The van der Waals surface area contributed by atoms with Crippen LogP contribution in [-0.4, -0.2) is 35.6 Å². The number of ether oxygens (including phenoxy) is 1. The Hall–Kier alpha value is -3.74. The van der Waals surface area contributed by atoms with Crippen molar-refractivity contribution in [1.29, 1.82) is 0 Å². The third kappa shape index (κ3) is 3.83. The van der Waals surface area contributed by atoms with E-state index in [9.17, 15) is 14.4 Å². The predicted molar refractivity (Wildman–Crippen MR) is 106 cm³/mol. The molecule has 1 aliphatic rings. The molecule has 0 saturated heterocycles. The predicted octanol–water partition coefficient (Wildman–Crippen LogP) is 3.10. The normalized spacial score (nSPS) is 14.8. The molecule has 2 aromatic carbocycles. The largest absolute Gasteiger partial charge is 0.496 e. The zero-order valence-corrected chi connectivity index (χ0v) is 15.7. The SMILES string of the molecule is COc1ccccc1/C=C1\C(=O)N(C(=O)c2ccc(NC(C)=O)cc2)N=C1C. The van der Waals surface area contributed by atoms with Gasteiger partial charge in [0.05, 0.1) is 18.4 Å². The first-order valence-corrected chi connectivity index (χ1v) is 8.57. The van der Waals surface area contributed by atoms with Crippen LogP contribution in [0.3, 0.4) is 0 Å². The second-order valence-electron chi connectivity index (χ2n) is 6.17. The number of hydrazone groups is 1. The van der Waals surface area contributed by atoms with Crippen LogP contribution in [0, 0.1) is 0 Å². The van der Waals surface area contributed by atoms with E-state index in [1.165, 1.54) is 19.1 Å². The van der Waals surface area contributed by atoms with Crippen molar-refractivity contribution in [3.63, 3.8) is 0 Å². The van der Waals surface area contributed by atoms with Crippen molar-refractivity contribution in [3.8, 4) is 5.75 Å². The number of para-hydroxylation sites is 1. The molecule has 0 aliphatic carbocycles. The van der Waals surface area contributed by atoms with E-state index in [4.69, 9.17) is 4.74 Å². The lowest BCUT2D eigenvalue weighted by Crippen LogP contribution is -2.29. The van der Waals surface area contributed by atoms with Gasteiger partial charge in [-0.05, 0) is 43.3 Å². The maximum atomic E-state index is 12.8. The molecule has 3 rings (SSSR count). The standard InChI is InChI=1S/C21H19N3O4/c1-13-18(12-16-6-4-5-7-19(16)28-3)21(27)24(23-13)20(26)15-8-10-17(11-9-15)22-14(2)25/h4-12H,1-3H3,(H,22,25)/b18-12-. The summed E-state index contributed by atoms with van der Waals surface area (Å²) in [5.74, 6) is -0.629. The molecule has 0 unspecified atom stereocenters. The van der Waals surface area contributed by atoms with Gasteiger partial charge < -0.3 is 10.1 Å². The van der Waals surface area contributed by atoms with Gasteiger partial charge in [0, 0.05) is 23.7 Å². The fourth-order valence-corrected chi connectivity index (χ4v) is 2.78. The van der Waals surface area contributed by atoms with Crippen molar-refractivity contribution in [3.05, 3.63) is 65.2 Å². The highest BCUT2D eigenvalue weighted by Crippen LogP contribution is 2.25. The minimum absolute atomic E-state index is 0.208. The summed E-state index contributed by atoms with van der Waals surface area (Å²) >= 11 is 0. The Morgan fingerprint density at radius 3 is 2.43 bits per heavy atom. The van der Waals surface area contributed by atoms with Gasteiger partial charge in [0.15, 0.2) is 0 Å². The Kier molecular flexibility index (Phi) is 5.35. The van der Waals surface area contributed by atoms with Gasteiger partial charge in [0.1, 0.15) is 5.75 Å². The van der Waals surface area contributed by atoms with E-state index in [1.807, 2.05) is 18.2 Å². The molecule has 1 N–H and O–H groups in total. The fraction of sp³-hybridized carbons (Fsp3) is 0.143. The lowest BCUT2D eigenvalue weighted by Gasteiger charge is -2.11. The number of imide groups is 1. The number of hydrogen-bond acceptors (Lipinski definition) is 5. The van der Waals surface area contributed by atoms with Gasteiger partial charge >= 0.3 is 0 Å². The lowest BCUT2D eigenvalue weighted by atomic mass is 10.1. The number of rotatable bonds is 4. The monoisotopic (exact) mass is 377 g/mol. The molecule has 7 nitrogen and oxygen atoms in total. The lowest BCUT2D eigenvalue weighted by molar-refractivity contribution is -0.123. The van der Waals surface area contributed by atoms with Crippen LogP contribution in [0.4, 0.5) is 5.69 Å². The number of nitrogens with zero attached hydrogens (tertiary/aromatic N) is 2. The Morgan fingerprint density at radius 1 is 1.11 bits per heavy atom. The number of methoxy groups -OCH3 is 1. The van der Waals surface area contributed by atoms with Gasteiger partial charge in [-0.25, -0.2) is 0 Å². The van der Waals surface area contributed by atoms with Crippen LogP contribution in [0.1, 0.15) is 29.8 Å². The smallest absolute Gasteiger partial charge is 0.283 e. The topological polar surface area (TPSA) is 88.1 Å². The molecule has 0 atom stereocenters. The molecule has 0 radical (unpaired) electrons. The summed E-state index contributed by atoms with van der Waals surface area (Å²) in [7, 11) is 1.55. The van der Waals surface area contributed by atoms with E-state index < -0.39 is 11.8 Å². The first kappa shape index (κ1) is 19.0. The number of hydrogen-bond donors (Lipinski definition) is 1. The first-order valence-electron chi connectivity index (χ1n) is 8.57. The number of carbonyl (C=O) groups is 3. The first-order chi connectivity index (χ1) is 13.4. The van der Waals surface area contributed by atoms with Gasteiger partial charge in [-0.15, -0.1) is 0 Å². The number of amides is 3. The fourth-order valence-electron chi connectivity index (χ4n) is 2.78. The van der Waals surface area contributed by atoms with E-state index in [1.54, 1.807) is 38.3 Å². The van der Waals surface area contributed by atoms with Gasteiger partial charge in [-0.3, -0.25) is 14.4 Å². The highest BCUT2D eigenvalue weighted by Gasteiger charge is 2.33. The van der Waals surface area contributed by atoms with Crippen LogP contribution in [0.25, 0.3) is 6.08 Å². The molecular weight excluding hydrogens is 358 g/mol. The van der Waals surface area contributed by atoms with E-state index in [0.29, 0.717) is 22.7 Å². The molecule has 3 amide bonds. The third-order valence-electron chi connectivity index (χ3n) is 4.15. The maximum absolute atomic E-state index is 12.8. The summed E-state index contributed by atoms with van der Waals surface area (Å²) in [4.78, 5) is 36.6. The number of carbonyl (C=O) groups excluding carboxylic acids is 3. The molecule has 0 bridgehead atoms. The van der Waals surface area contributed by atoms with Crippen molar-refractivity contribution in [1.82, 2.24) is 5.01 Å². The van der Waals surface area contributed by atoms with E-state index in [0.717, 1.165) is 10.6 Å². The molecular formula is C21H19N3O4. The Bertz CT molecular complexity index is 1010. The van der Waals surface area contributed by atoms with Gasteiger partial charge in [0.2, 0.25) is 5.91 Å². The highest BCUT2D eigenvalue weighted by atomic mass is 16.5. The van der Waals surface area contributed by atoms with Crippen LogP contribution < -0.4 is 10.1 Å². The Labute approximate surface area is 162 Å². The number of nitrogens with one attached hydrogen (secondary N) is 1. The molecule has 0 aromatic heterocycles. The molecule has 1 aliphatic heterocycles. The second kappa shape index (κ2) is 7.87. The summed E-state index contributed by atoms with van der Waals surface area (Å²) in [5.41, 5.74) is 2.34. The molecule has 1 heterocycles. The van der Waals surface area contributed by atoms with Crippen LogP contribution in [0.5, 0.6) is 5.75 Å². The van der Waals surface area contributed by atoms with Crippen molar-refractivity contribution in [2.24, 2.45) is 5.10 Å². The zero-order valence-electron chi connectivity index (χ0n) is 15.7. The second-order valence-corrected chi connectivity index (χ2v) is 6.17. The Morgan fingerprint density at radius 2 is 1.79 bits per heavy atom. The van der Waals surface area contributed by atoms with E-state index in [-0.39, 0.29) is 11.5 Å². The highest BCUT2D eigenvalue weighted by molar-refractivity contribution is 6.30. The van der Waals surface area contributed by atoms with Crippen molar-refractivity contribution in [2.75, 3.05) is 12.4 Å². The van der Waals surface area contributed by atoms with E-state index >= 15 is 0 Å². The van der Waals surface area contributed by atoms with Crippen molar-refractivity contribution >= 4 is 35.2 Å². The molecule has 0 fully saturated rings. The molecule has 142 valence electrons. The Balaban J connectivity index is 1.85. The average Bonchev–Trinajstić information content (AvgIpc) is 2.96. The summed E-state index contributed by atoms with van der Waals surface area (Å²) in [6.07, 6.45) is 1.66. The maximum Gasteiger partial charge on any atom is 0.283 e. The van der Waals surface area contributed by atoms with Crippen molar-refractivity contribution in [2.45, 2.75) is 13.8 Å². The number of benzene rings is 2. The molecule has 0 saturated carbocycles. The number of anilines is 1. The van der Waals surface area contributed by atoms with Gasteiger partial charge in [-0.2, -0.15) is 10.1 Å². The van der Waals surface area contributed by atoms with Gasteiger partial charge in [-0.1, -0.05) is 18.2 Å². The van der Waals surface area contributed by atoms with E-state index in [2.05, 4.69) is 10.4 Å². The van der Waals surface area contributed by atoms with Gasteiger partial charge in [0.25, 0.3) is 11.8 Å². The molecule has 7 heteroatoms. The third-order valence-corrected chi connectivity index (χ3v) is 4.15. The molecule has 28 heavy (non-hydrogen) atoms. The molecule has 0 spiro atoms. The summed E-state index contributed by atoms with van der Waals surface area (Å²) < 4.78 is 5.30. The molecule has 2 aromatic rings. The summed E-state index contributed by atoms with van der Waals surface area (Å²) in [5, 5.41) is 7.60. The van der Waals surface area contributed by atoms with Crippen LogP contribution in [0.15, 0.2) is 59.2 Å². The minimum Gasteiger partial charge on any atom is -0.496 e. The summed E-state index contributed by atoms with van der Waals surface area (Å²) in [6.45, 7) is 3.07.